The third-order valence-electron chi connectivity index (χ3n) is 6.47. The van der Waals surface area contributed by atoms with Gasteiger partial charge in [0.15, 0.2) is 12.4 Å². The molecule has 4 bridgehead atoms. The summed E-state index contributed by atoms with van der Waals surface area (Å²) in [5, 5.41) is 1.94. The SMILES string of the molecule is O=C(COC(=O)CC12CC3CC(CC(C3)C1)C2)Nc1ncc(C(F)(F)F)cc1Cl. The van der Waals surface area contributed by atoms with Crippen LogP contribution in [0.25, 0.3) is 0 Å². The summed E-state index contributed by atoms with van der Waals surface area (Å²) in [6, 6.07) is 0.684. The molecular weight excluding hydrogens is 409 g/mol. The van der Waals surface area contributed by atoms with Crippen molar-refractivity contribution in [1.82, 2.24) is 4.98 Å². The molecule has 9 heteroatoms. The van der Waals surface area contributed by atoms with E-state index in [-0.39, 0.29) is 16.3 Å². The molecule has 1 N–H and O–H groups in total. The van der Waals surface area contributed by atoms with E-state index in [0.29, 0.717) is 36.4 Å². The van der Waals surface area contributed by atoms with Crippen molar-refractivity contribution in [3.05, 3.63) is 22.8 Å². The predicted octanol–water partition coefficient (Wildman–Crippen LogP) is 4.84. The normalized spacial score (nSPS) is 30.3. The highest BCUT2D eigenvalue weighted by molar-refractivity contribution is 6.33. The summed E-state index contributed by atoms with van der Waals surface area (Å²) >= 11 is 5.76. The molecule has 29 heavy (non-hydrogen) atoms. The molecule has 4 aliphatic rings. The molecule has 1 amide bonds. The van der Waals surface area contributed by atoms with Crippen LogP contribution in [0.15, 0.2) is 12.3 Å². The number of nitrogens with zero attached hydrogens (tertiary/aromatic N) is 1. The molecule has 1 heterocycles. The minimum absolute atomic E-state index is 0.0145. The second kappa shape index (κ2) is 7.45. The first-order valence-electron chi connectivity index (χ1n) is 9.80. The van der Waals surface area contributed by atoms with Crippen LogP contribution in [0, 0.1) is 23.2 Å². The minimum atomic E-state index is -4.58. The monoisotopic (exact) mass is 430 g/mol. The van der Waals surface area contributed by atoms with Gasteiger partial charge in [0.1, 0.15) is 0 Å². The zero-order chi connectivity index (χ0) is 20.8. The molecule has 4 aliphatic carbocycles. The summed E-state index contributed by atoms with van der Waals surface area (Å²) in [5.74, 6) is 0.828. The molecule has 1 aromatic heterocycles. The summed E-state index contributed by atoms with van der Waals surface area (Å²) in [5.41, 5.74) is -0.997. The van der Waals surface area contributed by atoms with Crippen molar-refractivity contribution in [1.29, 1.82) is 0 Å². The molecule has 4 saturated carbocycles. The molecule has 1 aromatic rings. The van der Waals surface area contributed by atoms with E-state index in [1.165, 1.54) is 19.3 Å². The van der Waals surface area contributed by atoms with Gasteiger partial charge in [0.25, 0.3) is 5.91 Å². The fourth-order valence-electron chi connectivity index (χ4n) is 5.86. The number of amides is 1. The molecule has 5 rings (SSSR count). The number of hydrogen-bond donors (Lipinski definition) is 1. The van der Waals surface area contributed by atoms with E-state index >= 15 is 0 Å². The van der Waals surface area contributed by atoms with Gasteiger partial charge in [-0.1, -0.05) is 11.6 Å². The van der Waals surface area contributed by atoms with E-state index in [1.54, 1.807) is 0 Å². The van der Waals surface area contributed by atoms with Crippen molar-refractivity contribution in [2.45, 2.75) is 51.1 Å². The lowest BCUT2D eigenvalue weighted by Crippen LogP contribution is -2.47. The highest BCUT2D eigenvalue weighted by atomic mass is 35.5. The topological polar surface area (TPSA) is 68.3 Å². The molecule has 158 valence electrons. The first-order chi connectivity index (χ1) is 13.6. The molecule has 0 unspecified atom stereocenters. The Balaban J connectivity index is 1.28. The average Bonchev–Trinajstić information content (AvgIpc) is 2.59. The number of hydrogen-bond acceptors (Lipinski definition) is 4. The number of nitrogens with one attached hydrogen (secondary N) is 1. The summed E-state index contributed by atoms with van der Waals surface area (Å²) in [6.07, 6.45) is 3.34. The van der Waals surface area contributed by atoms with Gasteiger partial charge < -0.3 is 10.1 Å². The fourth-order valence-corrected chi connectivity index (χ4v) is 6.08. The molecule has 5 nitrogen and oxygen atoms in total. The third kappa shape index (κ3) is 4.52. The second-order valence-corrected chi connectivity index (χ2v) is 9.26. The molecule has 0 atom stereocenters. The summed E-state index contributed by atoms with van der Waals surface area (Å²) in [6.45, 7) is -0.524. The average molecular weight is 431 g/mol. The Hall–Kier alpha value is -1.83. The van der Waals surface area contributed by atoms with Crippen molar-refractivity contribution in [3.8, 4) is 0 Å². The number of halogens is 4. The molecule has 0 aliphatic heterocycles. The lowest BCUT2D eigenvalue weighted by Gasteiger charge is -2.56. The summed E-state index contributed by atoms with van der Waals surface area (Å²) in [4.78, 5) is 27.9. The number of anilines is 1. The second-order valence-electron chi connectivity index (χ2n) is 8.86. The molecule has 4 fully saturated rings. The van der Waals surface area contributed by atoms with Crippen LogP contribution in [-0.2, 0) is 20.5 Å². The largest absolute Gasteiger partial charge is 0.456 e. The maximum absolute atomic E-state index is 12.6. The van der Waals surface area contributed by atoms with Crippen LogP contribution >= 0.6 is 11.6 Å². The molecule has 0 spiro atoms. The van der Waals surface area contributed by atoms with E-state index in [4.69, 9.17) is 16.3 Å². The standard InChI is InChI=1S/C20H22ClF3N2O3/c21-15-4-14(20(22,23)24)9-25-18(15)26-16(27)10-29-17(28)8-19-5-11-1-12(6-19)3-13(2-11)7-19/h4,9,11-13H,1-3,5-8,10H2,(H,25,26,27). The first-order valence-corrected chi connectivity index (χ1v) is 10.2. The van der Waals surface area contributed by atoms with E-state index in [2.05, 4.69) is 10.3 Å². The Morgan fingerprint density at radius 3 is 2.28 bits per heavy atom. The van der Waals surface area contributed by atoms with E-state index in [1.807, 2.05) is 0 Å². The van der Waals surface area contributed by atoms with Gasteiger partial charge in [-0.15, -0.1) is 0 Å². The zero-order valence-corrected chi connectivity index (χ0v) is 16.5. The predicted molar refractivity (Wildman–Crippen MR) is 99.1 cm³/mol. The van der Waals surface area contributed by atoms with E-state index in [0.717, 1.165) is 19.3 Å². The zero-order valence-electron chi connectivity index (χ0n) is 15.7. The van der Waals surface area contributed by atoms with Gasteiger partial charge in [-0.2, -0.15) is 13.2 Å². The van der Waals surface area contributed by atoms with E-state index in [9.17, 15) is 22.8 Å². The van der Waals surface area contributed by atoms with Crippen LogP contribution in [0.2, 0.25) is 5.02 Å². The van der Waals surface area contributed by atoms with Crippen molar-refractivity contribution in [2.24, 2.45) is 23.2 Å². The van der Waals surface area contributed by atoms with Crippen molar-refractivity contribution < 1.29 is 27.5 Å². The Kier molecular flexibility index (Phi) is 5.25. The van der Waals surface area contributed by atoms with Crippen LogP contribution in [-0.4, -0.2) is 23.5 Å². The maximum Gasteiger partial charge on any atom is 0.417 e. The molecule has 0 saturated heterocycles. The van der Waals surface area contributed by atoms with Gasteiger partial charge in [-0.05, 0) is 67.8 Å². The van der Waals surface area contributed by atoms with Crippen LogP contribution < -0.4 is 5.32 Å². The number of ether oxygens (including phenoxy) is 1. The highest BCUT2D eigenvalue weighted by Gasteiger charge is 2.51. The number of alkyl halides is 3. The van der Waals surface area contributed by atoms with Crippen molar-refractivity contribution in [3.63, 3.8) is 0 Å². The van der Waals surface area contributed by atoms with Gasteiger partial charge in [-0.3, -0.25) is 9.59 Å². The van der Waals surface area contributed by atoms with Crippen molar-refractivity contribution in [2.75, 3.05) is 11.9 Å². The quantitative estimate of drug-likeness (QED) is 0.678. The lowest BCUT2D eigenvalue weighted by atomic mass is 9.49. The first kappa shape index (κ1) is 20.4. The minimum Gasteiger partial charge on any atom is -0.456 e. The lowest BCUT2D eigenvalue weighted by molar-refractivity contribution is -0.154. The van der Waals surface area contributed by atoms with E-state index < -0.39 is 30.2 Å². The van der Waals surface area contributed by atoms with Gasteiger partial charge in [0.2, 0.25) is 0 Å². The molecular formula is C20H22ClF3N2O3. The van der Waals surface area contributed by atoms with Crippen LogP contribution in [0.4, 0.5) is 19.0 Å². The summed E-state index contributed by atoms with van der Waals surface area (Å²) in [7, 11) is 0. The third-order valence-corrected chi connectivity index (χ3v) is 6.76. The van der Waals surface area contributed by atoms with Gasteiger partial charge >= 0.3 is 12.1 Å². The number of rotatable bonds is 5. The highest BCUT2D eigenvalue weighted by Crippen LogP contribution is 2.61. The smallest absolute Gasteiger partial charge is 0.417 e. The number of esters is 1. The van der Waals surface area contributed by atoms with Crippen LogP contribution in [0.1, 0.15) is 50.5 Å². The number of pyridine rings is 1. The van der Waals surface area contributed by atoms with Crippen molar-refractivity contribution >= 4 is 29.3 Å². The van der Waals surface area contributed by atoms with Gasteiger partial charge in [0.05, 0.1) is 17.0 Å². The van der Waals surface area contributed by atoms with Crippen LogP contribution in [0.3, 0.4) is 0 Å². The maximum atomic E-state index is 12.6. The molecule has 0 aromatic carbocycles. The Labute approximate surface area is 171 Å². The van der Waals surface area contributed by atoms with Gasteiger partial charge in [-0.25, -0.2) is 4.98 Å². The Bertz CT molecular complexity index is 792. The van der Waals surface area contributed by atoms with Crippen LogP contribution in [0.5, 0.6) is 0 Å². The van der Waals surface area contributed by atoms with Gasteiger partial charge in [0, 0.05) is 6.20 Å². The Morgan fingerprint density at radius 2 is 1.76 bits per heavy atom. The Morgan fingerprint density at radius 1 is 1.17 bits per heavy atom. The fraction of sp³-hybridized carbons (Fsp3) is 0.650. The number of carbonyl (C=O) groups is 2. The summed E-state index contributed by atoms with van der Waals surface area (Å²) < 4.78 is 43.0. The number of aromatic nitrogens is 1. The molecule has 0 radical (unpaired) electrons. The number of carbonyl (C=O) groups excluding carboxylic acids is 2.